The lowest BCUT2D eigenvalue weighted by Crippen LogP contribution is -2.32. The summed E-state index contributed by atoms with van der Waals surface area (Å²) < 4.78 is 28.7. The maximum Gasteiger partial charge on any atom is 0.244 e. The van der Waals surface area contributed by atoms with Gasteiger partial charge in [0.1, 0.15) is 4.90 Å². The van der Waals surface area contributed by atoms with Gasteiger partial charge < -0.3 is 5.11 Å². The highest BCUT2D eigenvalue weighted by atomic mass is 32.2. The molecular formula is C12H23N3O3S. The second-order valence-corrected chi connectivity index (χ2v) is 7.54. The zero-order valence-corrected chi connectivity index (χ0v) is 13.0. The first kappa shape index (κ1) is 16.1. The van der Waals surface area contributed by atoms with Gasteiger partial charge in [0.2, 0.25) is 10.0 Å². The lowest BCUT2D eigenvalue weighted by atomic mass is 9.98. The van der Waals surface area contributed by atoms with Gasteiger partial charge >= 0.3 is 0 Å². The number of rotatable bonds is 5. The minimum atomic E-state index is -3.57. The fourth-order valence-corrected chi connectivity index (χ4v) is 3.46. The fourth-order valence-electron chi connectivity index (χ4n) is 1.77. The maximum absolute atomic E-state index is 12.3. The van der Waals surface area contributed by atoms with Crippen molar-refractivity contribution >= 4 is 10.0 Å². The lowest BCUT2D eigenvalue weighted by Gasteiger charge is -2.18. The predicted octanol–water partition coefficient (Wildman–Crippen LogP) is 0.817. The minimum Gasteiger partial charge on any atom is -0.394 e. The Morgan fingerprint density at radius 2 is 1.89 bits per heavy atom. The van der Waals surface area contributed by atoms with Crippen LogP contribution in [0.1, 0.15) is 32.2 Å². The van der Waals surface area contributed by atoms with E-state index >= 15 is 0 Å². The molecule has 0 aliphatic carbocycles. The van der Waals surface area contributed by atoms with Gasteiger partial charge in [0.05, 0.1) is 24.5 Å². The third kappa shape index (κ3) is 4.02. The van der Waals surface area contributed by atoms with E-state index in [0.717, 1.165) is 0 Å². The molecule has 0 atom stereocenters. The van der Waals surface area contributed by atoms with Crippen LogP contribution in [0.3, 0.4) is 0 Å². The molecule has 0 spiro atoms. The number of sulfonamides is 1. The predicted molar refractivity (Wildman–Crippen MR) is 73.4 cm³/mol. The van der Waals surface area contributed by atoms with E-state index in [1.807, 2.05) is 20.8 Å². The molecule has 0 aliphatic rings. The Kier molecular flexibility index (Phi) is 4.76. The highest BCUT2D eigenvalue weighted by Crippen LogP contribution is 2.20. The Hall–Kier alpha value is -0.920. The summed E-state index contributed by atoms with van der Waals surface area (Å²) in [6.07, 6.45) is 0. The monoisotopic (exact) mass is 289 g/mol. The molecular weight excluding hydrogens is 266 g/mol. The average Bonchev–Trinajstić information content (AvgIpc) is 2.52. The number of nitrogens with zero attached hydrogens (tertiary/aromatic N) is 2. The van der Waals surface area contributed by atoms with E-state index in [4.69, 9.17) is 5.11 Å². The van der Waals surface area contributed by atoms with E-state index in [9.17, 15) is 8.42 Å². The summed E-state index contributed by atoms with van der Waals surface area (Å²) in [7, 11) is -3.57. The van der Waals surface area contributed by atoms with E-state index in [1.165, 1.54) is 4.68 Å². The summed E-state index contributed by atoms with van der Waals surface area (Å²) in [6, 6.07) is 0. The third-order valence-electron chi connectivity index (χ3n) is 2.69. The maximum atomic E-state index is 12.3. The van der Waals surface area contributed by atoms with Crippen molar-refractivity contribution in [1.82, 2.24) is 14.5 Å². The van der Waals surface area contributed by atoms with Crippen LogP contribution in [-0.4, -0.2) is 36.5 Å². The topological polar surface area (TPSA) is 84.2 Å². The molecule has 0 aromatic carbocycles. The van der Waals surface area contributed by atoms with E-state index in [1.54, 1.807) is 13.8 Å². The van der Waals surface area contributed by atoms with E-state index in [2.05, 4.69) is 9.82 Å². The molecule has 1 heterocycles. The van der Waals surface area contributed by atoms with Crippen molar-refractivity contribution in [2.45, 2.75) is 46.1 Å². The molecule has 6 nitrogen and oxygen atoms in total. The second-order valence-electron chi connectivity index (χ2n) is 5.83. The second kappa shape index (κ2) is 5.60. The van der Waals surface area contributed by atoms with Gasteiger partial charge in [-0.2, -0.15) is 5.10 Å². The van der Waals surface area contributed by atoms with Gasteiger partial charge in [-0.15, -0.1) is 0 Å². The minimum absolute atomic E-state index is 0.0726. The molecule has 0 fully saturated rings. The van der Waals surface area contributed by atoms with Crippen LogP contribution in [0, 0.1) is 19.3 Å². The number of aliphatic hydroxyl groups is 1. The van der Waals surface area contributed by atoms with Gasteiger partial charge in [0, 0.05) is 6.54 Å². The largest absolute Gasteiger partial charge is 0.394 e. The lowest BCUT2D eigenvalue weighted by molar-refractivity contribution is 0.267. The van der Waals surface area contributed by atoms with Crippen LogP contribution < -0.4 is 4.72 Å². The van der Waals surface area contributed by atoms with Crippen molar-refractivity contribution in [3.05, 3.63) is 11.4 Å². The summed E-state index contributed by atoms with van der Waals surface area (Å²) >= 11 is 0. The van der Waals surface area contributed by atoms with Gasteiger partial charge in [-0.05, 0) is 19.3 Å². The van der Waals surface area contributed by atoms with Gasteiger partial charge in [0.25, 0.3) is 0 Å². The highest BCUT2D eigenvalue weighted by Gasteiger charge is 2.25. The van der Waals surface area contributed by atoms with Crippen molar-refractivity contribution < 1.29 is 13.5 Å². The molecule has 0 aliphatic heterocycles. The van der Waals surface area contributed by atoms with Crippen molar-refractivity contribution in [2.24, 2.45) is 5.41 Å². The molecule has 19 heavy (non-hydrogen) atoms. The van der Waals surface area contributed by atoms with Gasteiger partial charge in [-0.1, -0.05) is 20.8 Å². The first-order valence-electron chi connectivity index (χ1n) is 6.23. The number of aliphatic hydroxyl groups excluding tert-OH is 1. The van der Waals surface area contributed by atoms with Crippen LogP contribution in [0.4, 0.5) is 0 Å². The Balaban J connectivity index is 3.08. The molecule has 0 saturated heterocycles. The van der Waals surface area contributed by atoms with Crippen molar-refractivity contribution in [1.29, 1.82) is 0 Å². The summed E-state index contributed by atoms with van der Waals surface area (Å²) in [6.45, 7) is 9.82. The molecule has 110 valence electrons. The Bertz CT molecular complexity index is 541. The van der Waals surface area contributed by atoms with Gasteiger partial charge in [-0.3, -0.25) is 4.68 Å². The Labute approximate surface area is 114 Å². The molecule has 1 aromatic heterocycles. The summed E-state index contributed by atoms with van der Waals surface area (Å²) in [5.41, 5.74) is 0.871. The number of nitrogens with one attached hydrogen (secondary N) is 1. The number of aryl methyl sites for hydroxylation is 1. The van der Waals surface area contributed by atoms with E-state index in [-0.39, 0.29) is 16.9 Å². The summed E-state index contributed by atoms with van der Waals surface area (Å²) in [5.74, 6) is 0. The van der Waals surface area contributed by atoms with E-state index in [0.29, 0.717) is 24.5 Å². The zero-order chi connectivity index (χ0) is 14.8. The third-order valence-corrected chi connectivity index (χ3v) is 4.34. The highest BCUT2D eigenvalue weighted by molar-refractivity contribution is 7.89. The number of hydrogen-bond acceptors (Lipinski definition) is 4. The van der Waals surface area contributed by atoms with Crippen LogP contribution in [0.15, 0.2) is 4.90 Å². The fraction of sp³-hybridized carbons (Fsp3) is 0.750. The molecule has 0 bridgehead atoms. The molecule has 7 heteroatoms. The number of aromatic nitrogens is 2. The van der Waals surface area contributed by atoms with E-state index < -0.39 is 10.0 Å². The van der Waals surface area contributed by atoms with Crippen molar-refractivity contribution in [3.63, 3.8) is 0 Å². The molecule has 1 rings (SSSR count). The van der Waals surface area contributed by atoms with Crippen molar-refractivity contribution in [3.8, 4) is 0 Å². The SMILES string of the molecule is Cc1nn(CCO)c(C)c1S(=O)(=O)NCC(C)(C)C. The Morgan fingerprint density at radius 3 is 2.37 bits per heavy atom. The average molecular weight is 289 g/mol. The summed E-state index contributed by atoms with van der Waals surface area (Å²) in [5, 5.41) is 13.1. The molecule has 0 radical (unpaired) electrons. The van der Waals surface area contributed by atoms with Crippen LogP contribution in [0.25, 0.3) is 0 Å². The molecule has 1 aromatic rings. The van der Waals surface area contributed by atoms with Crippen LogP contribution >= 0.6 is 0 Å². The standard InChI is InChI=1S/C12H23N3O3S/c1-9-11(10(2)15(14-9)6-7-16)19(17,18)13-8-12(3,4)5/h13,16H,6-8H2,1-5H3. The number of hydrogen-bond donors (Lipinski definition) is 2. The van der Waals surface area contributed by atoms with Crippen molar-refractivity contribution in [2.75, 3.05) is 13.2 Å². The first-order chi connectivity index (χ1) is 8.58. The normalized spacial score (nSPS) is 12.9. The van der Waals surface area contributed by atoms with Crippen LogP contribution in [0.2, 0.25) is 0 Å². The quantitative estimate of drug-likeness (QED) is 0.840. The van der Waals surface area contributed by atoms with Crippen LogP contribution in [-0.2, 0) is 16.6 Å². The van der Waals surface area contributed by atoms with Gasteiger partial charge in [0.15, 0.2) is 0 Å². The zero-order valence-electron chi connectivity index (χ0n) is 12.2. The van der Waals surface area contributed by atoms with Gasteiger partial charge in [-0.25, -0.2) is 13.1 Å². The molecule has 2 N–H and O–H groups in total. The smallest absolute Gasteiger partial charge is 0.244 e. The molecule has 0 saturated carbocycles. The first-order valence-corrected chi connectivity index (χ1v) is 7.71. The Morgan fingerprint density at radius 1 is 1.32 bits per heavy atom. The summed E-state index contributed by atoms with van der Waals surface area (Å²) in [4.78, 5) is 0.213. The molecule has 0 amide bonds. The molecule has 0 unspecified atom stereocenters. The van der Waals surface area contributed by atoms with Crippen LogP contribution in [0.5, 0.6) is 0 Å².